The van der Waals surface area contributed by atoms with Crippen LogP contribution in [-0.4, -0.2) is 47.1 Å². The molecule has 2 fully saturated rings. The molecular formula is C14H24N2O3. The monoisotopic (exact) mass is 268 g/mol. The highest BCUT2D eigenvalue weighted by molar-refractivity contribution is 5.79. The van der Waals surface area contributed by atoms with Gasteiger partial charge in [-0.25, -0.2) is 0 Å². The maximum absolute atomic E-state index is 12.1. The molecule has 2 rings (SSSR count). The number of aliphatic carboxylic acids is 1. The summed E-state index contributed by atoms with van der Waals surface area (Å²) >= 11 is 0. The molecule has 0 radical (unpaired) electrons. The molecule has 0 aromatic carbocycles. The number of carboxylic acids is 1. The Morgan fingerprint density at radius 1 is 1.26 bits per heavy atom. The molecule has 5 nitrogen and oxygen atoms in total. The van der Waals surface area contributed by atoms with E-state index in [1.807, 2.05) is 0 Å². The number of hydrogen-bond acceptors (Lipinski definition) is 3. The third-order valence-corrected chi connectivity index (χ3v) is 4.57. The van der Waals surface area contributed by atoms with Gasteiger partial charge < -0.3 is 15.3 Å². The summed E-state index contributed by atoms with van der Waals surface area (Å²) in [6, 6.07) is 0. The van der Waals surface area contributed by atoms with Crippen LogP contribution in [0.4, 0.5) is 0 Å². The molecule has 1 aliphatic carbocycles. The Labute approximate surface area is 114 Å². The maximum Gasteiger partial charge on any atom is 0.306 e. The van der Waals surface area contributed by atoms with Crippen LogP contribution in [-0.2, 0) is 9.59 Å². The summed E-state index contributed by atoms with van der Waals surface area (Å²) in [7, 11) is 0. The van der Waals surface area contributed by atoms with E-state index in [9.17, 15) is 9.59 Å². The van der Waals surface area contributed by atoms with Crippen molar-refractivity contribution >= 4 is 11.9 Å². The lowest BCUT2D eigenvalue weighted by atomic mass is 9.97. The second-order valence-corrected chi connectivity index (χ2v) is 6.11. The maximum atomic E-state index is 12.1. The van der Waals surface area contributed by atoms with Gasteiger partial charge in [-0.2, -0.15) is 0 Å². The Morgan fingerprint density at radius 2 is 1.84 bits per heavy atom. The zero-order valence-electron chi connectivity index (χ0n) is 11.7. The van der Waals surface area contributed by atoms with Gasteiger partial charge in [0.25, 0.3) is 0 Å². The molecule has 0 aromatic rings. The summed E-state index contributed by atoms with van der Waals surface area (Å²) in [4.78, 5) is 24.7. The van der Waals surface area contributed by atoms with E-state index in [-0.39, 0.29) is 17.4 Å². The minimum atomic E-state index is -0.733. The summed E-state index contributed by atoms with van der Waals surface area (Å²) in [5.41, 5.74) is 0.120. The van der Waals surface area contributed by atoms with Crippen molar-refractivity contribution < 1.29 is 14.7 Å². The van der Waals surface area contributed by atoms with Crippen molar-refractivity contribution in [3.05, 3.63) is 0 Å². The molecule has 0 bridgehead atoms. The van der Waals surface area contributed by atoms with Crippen molar-refractivity contribution in [1.29, 1.82) is 0 Å². The van der Waals surface area contributed by atoms with Gasteiger partial charge in [0.2, 0.25) is 5.91 Å². The average molecular weight is 268 g/mol. The van der Waals surface area contributed by atoms with Crippen LogP contribution in [0.3, 0.4) is 0 Å². The molecule has 5 heteroatoms. The van der Waals surface area contributed by atoms with E-state index in [4.69, 9.17) is 5.11 Å². The first kappa shape index (κ1) is 14.3. The van der Waals surface area contributed by atoms with Gasteiger partial charge in [-0.05, 0) is 32.6 Å². The highest BCUT2D eigenvalue weighted by Gasteiger charge is 2.30. The standard InChI is InChI=1S/C14H24N2O3/c1-14(6-2-3-7-14)15-10-12(17)16-8-4-11(5-9-16)13(18)19/h11,15H,2-10H2,1H3,(H,18,19). The van der Waals surface area contributed by atoms with Crippen LogP contribution < -0.4 is 5.32 Å². The van der Waals surface area contributed by atoms with Gasteiger partial charge in [-0.3, -0.25) is 9.59 Å². The quantitative estimate of drug-likeness (QED) is 0.804. The summed E-state index contributed by atoms with van der Waals surface area (Å²) in [5, 5.41) is 12.3. The number of carboxylic acid groups (broad SMARTS) is 1. The lowest BCUT2D eigenvalue weighted by molar-refractivity contribution is -0.145. The predicted octanol–water partition coefficient (Wildman–Crippen LogP) is 1.23. The summed E-state index contributed by atoms with van der Waals surface area (Å²) < 4.78 is 0. The Bertz CT molecular complexity index is 343. The van der Waals surface area contributed by atoms with Gasteiger partial charge in [0, 0.05) is 18.6 Å². The van der Waals surface area contributed by atoms with Gasteiger partial charge >= 0.3 is 5.97 Å². The average Bonchev–Trinajstić information content (AvgIpc) is 2.83. The van der Waals surface area contributed by atoms with Gasteiger partial charge in [0.15, 0.2) is 0 Å². The smallest absolute Gasteiger partial charge is 0.306 e. The van der Waals surface area contributed by atoms with E-state index in [0.717, 1.165) is 12.8 Å². The van der Waals surface area contributed by atoms with Crippen molar-refractivity contribution in [2.45, 2.75) is 51.0 Å². The highest BCUT2D eigenvalue weighted by Crippen LogP contribution is 2.28. The fraction of sp³-hybridized carbons (Fsp3) is 0.857. The number of hydrogen-bond donors (Lipinski definition) is 2. The number of likely N-dealkylation sites (tertiary alicyclic amines) is 1. The SMILES string of the molecule is CC1(NCC(=O)N2CCC(C(=O)O)CC2)CCCC1. The molecule has 0 atom stereocenters. The van der Waals surface area contributed by atoms with Crippen LogP contribution in [0.15, 0.2) is 0 Å². The number of carbonyl (C=O) groups excluding carboxylic acids is 1. The largest absolute Gasteiger partial charge is 0.481 e. The minimum absolute atomic E-state index is 0.108. The van der Waals surface area contributed by atoms with Crippen molar-refractivity contribution in [2.75, 3.05) is 19.6 Å². The van der Waals surface area contributed by atoms with E-state index in [1.54, 1.807) is 4.90 Å². The van der Waals surface area contributed by atoms with Crippen LogP contribution in [0.1, 0.15) is 45.4 Å². The molecule has 1 saturated heterocycles. The lowest BCUT2D eigenvalue weighted by Crippen LogP contribution is -2.48. The number of nitrogens with zero attached hydrogens (tertiary/aromatic N) is 1. The number of piperidine rings is 1. The van der Waals surface area contributed by atoms with Crippen LogP contribution in [0.2, 0.25) is 0 Å². The molecule has 1 saturated carbocycles. The molecule has 0 spiro atoms. The van der Waals surface area contributed by atoms with Crippen molar-refractivity contribution in [1.82, 2.24) is 10.2 Å². The molecule has 0 aromatic heterocycles. The second-order valence-electron chi connectivity index (χ2n) is 6.11. The summed E-state index contributed by atoms with van der Waals surface area (Å²) in [6.45, 7) is 3.72. The third kappa shape index (κ3) is 3.69. The normalized spacial score (nSPS) is 23.5. The molecule has 2 N–H and O–H groups in total. The Morgan fingerprint density at radius 3 is 2.37 bits per heavy atom. The number of carbonyl (C=O) groups is 2. The van der Waals surface area contributed by atoms with E-state index < -0.39 is 5.97 Å². The zero-order valence-corrected chi connectivity index (χ0v) is 11.7. The van der Waals surface area contributed by atoms with Crippen molar-refractivity contribution in [3.63, 3.8) is 0 Å². The van der Waals surface area contributed by atoms with Gasteiger partial charge in [-0.1, -0.05) is 12.8 Å². The first-order chi connectivity index (χ1) is 9.00. The lowest BCUT2D eigenvalue weighted by Gasteiger charge is -2.32. The van der Waals surface area contributed by atoms with Gasteiger partial charge in [0.1, 0.15) is 0 Å². The van der Waals surface area contributed by atoms with E-state index in [1.165, 1.54) is 12.8 Å². The van der Waals surface area contributed by atoms with Gasteiger partial charge in [-0.15, -0.1) is 0 Å². The fourth-order valence-corrected chi connectivity index (χ4v) is 3.11. The third-order valence-electron chi connectivity index (χ3n) is 4.57. The molecule has 19 heavy (non-hydrogen) atoms. The molecule has 1 aliphatic heterocycles. The van der Waals surface area contributed by atoms with Gasteiger partial charge in [0.05, 0.1) is 12.5 Å². The van der Waals surface area contributed by atoms with Crippen molar-refractivity contribution in [2.24, 2.45) is 5.92 Å². The predicted molar refractivity (Wildman–Crippen MR) is 71.8 cm³/mol. The van der Waals surface area contributed by atoms with E-state index in [0.29, 0.717) is 32.5 Å². The number of amides is 1. The molecule has 2 aliphatic rings. The summed E-state index contributed by atoms with van der Waals surface area (Å²) in [5.74, 6) is -0.898. The van der Waals surface area contributed by atoms with Crippen LogP contribution in [0, 0.1) is 5.92 Å². The highest BCUT2D eigenvalue weighted by atomic mass is 16.4. The molecule has 0 unspecified atom stereocenters. The Kier molecular flexibility index (Phi) is 4.45. The van der Waals surface area contributed by atoms with Crippen LogP contribution in [0.25, 0.3) is 0 Å². The molecular weight excluding hydrogens is 244 g/mol. The van der Waals surface area contributed by atoms with Crippen LogP contribution in [0.5, 0.6) is 0 Å². The Hall–Kier alpha value is -1.10. The second kappa shape index (κ2) is 5.90. The number of nitrogens with one attached hydrogen (secondary N) is 1. The van der Waals surface area contributed by atoms with Crippen LogP contribution >= 0.6 is 0 Å². The number of rotatable bonds is 4. The topological polar surface area (TPSA) is 69.6 Å². The molecule has 108 valence electrons. The van der Waals surface area contributed by atoms with E-state index in [2.05, 4.69) is 12.2 Å². The molecule has 1 heterocycles. The zero-order chi connectivity index (χ0) is 13.9. The fourth-order valence-electron chi connectivity index (χ4n) is 3.11. The summed E-state index contributed by atoms with van der Waals surface area (Å²) in [6.07, 6.45) is 5.92. The van der Waals surface area contributed by atoms with Crippen molar-refractivity contribution in [3.8, 4) is 0 Å². The minimum Gasteiger partial charge on any atom is -0.481 e. The Balaban J connectivity index is 1.74. The first-order valence-corrected chi connectivity index (χ1v) is 7.26. The molecule has 1 amide bonds. The van der Waals surface area contributed by atoms with E-state index >= 15 is 0 Å². The first-order valence-electron chi connectivity index (χ1n) is 7.26.